The number of halogens is 1. The molecular formula is C15H17ClN4O2. The summed E-state index contributed by atoms with van der Waals surface area (Å²) in [6.45, 7) is 1.73. The quantitative estimate of drug-likeness (QED) is 0.780. The predicted molar refractivity (Wildman–Crippen MR) is 83.3 cm³/mol. The molecule has 2 atom stereocenters. The standard InChI is InChI=1S/C15H17ClN4O2/c16-12-2-1-3-13(4-12)20-9-11(7-19-20)15(22)18-6-10-5-17-8-14(10)21/h1-4,7,9-10,14,17,21H,5-6,8H2,(H,18,22). The van der Waals surface area contributed by atoms with Gasteiger partial charge in [-0.15, -0.1) is 0 Å². The molecule has 0 spiro atoms. The van der Waals surface area contributed by atoms with Crippen LogP contribution in [0.1, 0.15) is 10.4 Å². The van der Waals surface area contributed by atoms with E-state index in [4.69, 9.17) is 11.6 Å². The lowest BCUT2D eigenvalue weighted by atomic mass is 10.1. The summed E-state index contributed by atoms with van der Waals surface area (Å²) in [5.74, 6) is -0.153. The maximum Gasteiger partial charge on any atom is 0.254 e. The number of nitrogens with one attached hydrogen (secondary N) is 2. The summed E-state index contributed by atoms with van der Waals surface area (Å²) in [4.78, 5) is 12.1. The van der Waals surface area contributed by atoms with Gasteiger partial charge in [0, 0.05) is 36.8 Å². The van der Waals surface area contributed by atoms with E-state index in [1.165, 1.54) is 6.20 Å². The van der Waals surface area contributed by atoms with E-state index >= 15 is 0 Å². The fraction of sp³-hybridized carbons (Fsp3) is 0.333. The van der Waals surface area contributed by atoms with E-state index in [0.29, 0.717) is 30.2 Å². The summed E-state index contributed by atoms with van der Waals surface area (Å²) in [5.41, 5.74) is 1.27. The second-order valence-corrected chi connectivity index (χ2v) is 5.79. The maximum absolute atomic E-state index is 12.1. The van der Waals surface area contributed by atoms with Crippen LogP contribution in [0.5, 0.6) is 0 Å². The summed E-state index contributed by atoms with van der Waals surface area (Å²) in [5, 5.41) is 20.4. The van der Waals surface area contributed by atoms with E-state index in [9.17, 15) is 9.90 Å². The number of carbonyl (C=O) groups excluding carboxylic acids is 1. The van der Waals surface area contributed by atoms with Gasteiger partial charge >= 0.3 is 0 Å². The second kappa shape index (κ2) is 6.48. The average molecular weight is 321 g/mol. The number of aliphatic hydroxyl groups is 1. The van der Waals surface area contributed by atoms with Crippen LogP contribution < -0.4 is 10.6 Å². The van der Waals surface area contributed by atoms with Crippen molar-refractivity contribution in [3.63, 3.8) is 0 Å². The fourth-order valence-corrected chi connectivity index (χ4v) is 2.64. The van der Waals surface area contributed by atoms with Crippen LogP contribution in [-0.2, 0) is 0 Å². The van der Waals surface area contributed by atoms with Crippen molar-refractivity contribution in [3.8, 4) is 5.69 Å². The molecule has 1 saturated heterocycles. The number of benzene rings is 1. The molecule has 0 bridgehead atoms. The van der Waals surface area contributed by atoms with Crippen molar-refractivity contribution in [1.82, 2.24) is 20.4 Å². The van der Waals surface area contributed by atoms with E-state index in [1.54, 1.807) is 23.0 Å². The van der Waals surface area contributed by atoms with Gasteiger partial charge < -0.3 is 15.7 Å². The van der Waals surface area contributed by atoms with E-state index in [1.807, 2.05) is 12.1 Å². The molecule has 6 nitrogen and oxygen atoms in total. The van der Waals surface area contributed by atoms with Gasteiger partial charge in [-0.3, -0.25) is 4.79 Å². The first-order chi connectivity index (χ1) is 10.6. The van der Waals surface area contributed by atoms with Gasteiger partial charge in [0.25, 0.3) is 5.91 Å². The highest BCUT2D eigenvalue weighted by atomic mass is 35.5. The Labute approximate surface area is 133 Å². The molecule has 1 aliphatic rings. The van der Waals surface area contributed by atoms with Gasteiger partial charge in [-0.1, -0.05) is 17.7 Å². The molecule has 0 aliphatic carbocycles. The Balaban J connectivity index is 1.64. The molecule has 116 valence electrons. The normalized spacial score (nSPS) is 21.0. The topological polar surface area (TPSA) is 79.2 Å². The fourth-order valence-electron chi connectivity index (χ4n) is 2.45. The molecule has 7 heteroatoms. The zero-order valence-electron chi connectivity index (χ0n) is 11.9. The Bertz CT molecular complexity index is 673. The number of carbonyl (C=O) groups is 1. The Morgan fingerprint density at radius 1 is 1.50 bits per heavy atom. The number of amides is 1. The van der Waals surface area contributed by atoms with E-state index < -0.39 is 6.10 Å². The smallest absolute Gasteiger partial charge is 0.254 e. The van der Waals surface area contributed by atoms with E-state index in [-0.39, 0.29) is 11.8 Å². The minimum absolute atomic E-state index is 0.0481. The van der Waals surface area contributed by atoms with Crippen LogP contribution in [0, 0.1) is 5.92 Å². The summed E-state index contributed by atoms with van der Waals surface area (Å²) in [6, 6.07) is 7.24. The maximum atomic E-state index is 12.1. The number of aliphatic hydroxyl groups excluding tert-OH is 1. The molecule has 2 heterocycles. The van der Waals surface area contributed by atoms with E-state index in [2.05, 4.69) is 15.7 Å². The molecule has 1 amide bonds. The highest BCUT2D eigenvalue weighted by Gasteiger charge is 2.25. The molecule has 1 aromatic carbocycles. The third kappa shape index (κ3) is 3.30. The lowest BCUT2D eigenvalue weighted by Gasteiger charge is -2.13. The molecule has 0 radical (unpaired) electrons. The van der Waals surface area contributed by atoms with Gasteiger partial charge in [-0.2, -0.15) is 5.10 Å². The lowest BCUT2D eigenvalue weighted by Crippen LogP contribution is -2.34. The van der Waals surface area contributed by atoms with Crippen molar-refractivity contribution in [2.45, 2.75) is 6.10 Å². The third-order valence-electron chi connectivity index (χ3n) is 3.75. The number of hydrogen-bond acceptors (Lipinski definition) is 4. The Morgan fingerprint density at radius 2 is 2.36 bits per heavy atom. The molecule has 1 aromatic heterocycles. The van der Waals surface area contributed by atoms with Crippen LogP contribution in [-0.4, -0.2) is 46.5 Å². The first-order valence-corrected chi connectivity index (χ1v) is 7.49. The number of aromatic nitrogens is 2. The van der Waals surface area contributed by atoms with Crippen molar-refractivity contribution in [2.24, 2.45) is 5.92 Å². The summed E-state index contributed by atoms with van der Waals surface area (Å²) >= 11 is 5.95. The minimum Gasteiger partial charge on any atom is -0.391 e. The van der Waals surface area contributed by atoms with Crippen molar-refractivity contribution < 1.29 is 9.90 Å². The zero-order valence-corrected chi connectivity index (χ0v) is 12.6. The third-order valence-corrected chi connectivity index (χ3v) is 3.98. The lowest BCUT2D eigenvalue weighted by molar-refractivity contribution is 0.0927. The Hall–Kier alpha value is -1.89. The highest BCUT2D eigenvalue weighted by molar-refractivity contribution is 6.30. The predicted octanol–water partition coefficient (Wildman–Crippen LogP) is 0.836. The van der Waals surface area contributed by atoms with Crippen LogP contribution >= 0.6 is 11.6 Å². The van der Waals surface area contributed by atoms with Crippen LogP contribution in [0.2, 0.25) is 5.02 Å². The first kappa shape index (κ1) is 15.0. The largest absolute Gasteiger partial charge is 0.391 e. The van der Waals surface area contributed by atoms with Crippen LogP contribution in [0.15, 0.2) is 36.7 Å². The van der Waals surface area contributed by atoms with Gasteiger partial charge in [0.2, 0.25) is 0 Å². The molecular weight excluding hydrogens is 304 g/mol. The first-order valence-electron chi connectivity index (χ1n) is 7.11. The number of nitrogens with zero attached hydrogens (tertiary/aromatic N) is 2. The van der Waals surface area contributed by atoms with Gasteiger partial charge in [0.1, 0.15) is 0 Å². The van der Waals surface area contributed by atoms with Gasteiger partial charge in [0.05, 0.1) is 23.6 Å². The zero-order chi connectivity index (χ0) is 15.5. The SMILES string of the molecule is O=C(NCC1CNCC1O)c1cnn(-c2cccc(Cl)c2)c1. The molecule has 22 heavy (non-hydrogen) atoms. The van der Waals surface area contributed by atoms with Gasteiger partial charge in [0.15, 0.2) is 0 Å². The minimum atomic E-state index is -0.408. The summed E-state index contributed by atoms with van der Waals surface area (Å²) in [7, 11) is 0. The van der Waals surface area contributed by atoms with Crippen LogP contribution in [0.4, 0.5) is 0 Å². The monoisotopic (exact) mass is 320 g/mol. The van der Waals surface area contributed by atoms with Crippen LogP contribution in [0.3, 0.4) is 0 Å². The van der Waals surface area contributed by atoms with Crippen molar-refractivity contribution in [1.29, 1.82) is 0 Å². The molecule has 2 unspecified atom stereocenters. The average Bonchev–Trinajstić information content (AvgIpc) is 3.14. The Morgan fingerprint density at radius 3 is 3.09 bits per heavy atom. The molecule has 1 fully saturated rings. The molecule has 1 aliphatic heterocycles. The summed E-state index contributed by atoms with van der Waals surface area (Å²) in [6.07, 6.45) is 2.76. The van der Waals surface area contributed by atoms with Crippen molar-refractivity contribution >= 4 is 17.5 Å². The van der Waals surface area contributed by atoms with Crippen LogP contribution in [0.25, 0.3) is 5.69 Å². The van der Waals surface area contributed by atoms with Gasteiger partial charge in [-0.25, -0.2) is 4.68 Å². The van der Waals surface area contributed by atoms with Gasteiger partial charge in [-0.05, 0) is 18.2 Å². The Kier molecular flexibility index (Phi) is 4.42. The number of β-amino-alcohol motifs (C(OH)–C–C–N with tert-alkyl or cyclic N) is 1. The molecule has 0 saturated carbocycles. The summed E-state index contributed by atoms with van der Waals surface area (Å²) < 4.78 is 1.60. The number of rotatable bonds is 4. The van der Waals surface area contributed by atoms with Crippen molar-refractivity contribution in [3.05, 3.63) is 47.2 Å². The highest BCUT2D eigenvalue weighted by Crippen LogP contribution is 2.15. The van der Waals surface area contributed by atoms with E-state index in [0.717, 1.165) is 5.69 Å². The van der Waals surface area contributed by atoms with Crippen molar-refractivity contribution in [2.75, 3.05) is 19.6 Å². The molecule has 3 N–H and O–H groups in total. The second-order valence-electron chi connectivity index (χ2n) is 5.35. The molecule has 2 aromatic rings. The number of hydrogen-bond donors (Lipinski definition) is 3. The molecule has 3 rings (SSSR count).